The molecule has 3 rings (SSSR count). The van der Waals surface area contributed by atoms with Gasteiger partial charge in [-0.1, -0.05) is 20.8 Å². The second kappa shape index (κ2) is 11.0. The first-order valence-corrected chi connectivity index (χ1v) is 16.6. The van der Waals surface area contributed by atoms with E-state index >= 15 is 0 Å². The summed E-state index contributed by atoms with van der Waals surface area (Å²) in [5, 5.41) is 0.650. The molecule has 1 aliphatic rings. The zero-order valence-electron chi connectivity index (χ0n) is 21.2. The van der Waals surface area contributed by atoms with Crippen LogP contribution in [0.1, 0.15) is 33.4 Å². The first-order chi connectivity index (χ1) is 15.8. The van der Waals surface area contributed by atoms with E-state index in [0.717, 1.165) is 3.57 Å². The molecule has 0 bridgehead atoms. The molecule has 1 fully saturated rings. The molecule has 190 valence electrons. The SMILES string of the molecule is CSCOC1C[C@H](n2cc(I)c3c(=O)[nH]c(N=CN(C)C)nc32)O[C@@H]1CO[Si](C)(C)C(C)(C)C. The highest BCUT2D eigenvalue weighted by Gasteiger charge is 2.42. The molecule has 2 aromatic heterocycles. The number of H-pyrrole nitrogens is 1. The number of aromatic nitrogens is 3. The normalized spacial score (nSPS) is 21.7. The number of ether oxygens (including phenoxy) is 2. The number of thioether (sulfide) groups is 1. The Morgan fingerprint density at radius 2 is 2.15 bits per heavy atom. The Bertz CT molecular complexity index is 1080. The summed E-state index contributed by atoms with van der Waals surface area (Å²) in [6, 6.07) is 0. The lowest BCUT2D eigenvalue weighted by molar-refractivity contribution is -0.0506. The van der Waals surface area contributed by atoms with Crippen molar-refractivity contribution in [1.82, 2.24) is 19.4 Å². The van der Waals surface area contributed by atoms with Crippen LogP contribution in [-0.2, 0) is 13.9 Å². The second-order valence-corrected chi connectivity index (χ2v) is 17.0. The van der Waals surface area contributed by atoms with Gasteiger partial charge in [0.1, 0.15) is 12.3 Å². The first kappa shape index (κ1) is 27.7. The van der Waals surface area contributed by atoms with Gasteiger partial charge in [0.25, 0.3) is 5.56 Å². The summed E-state index contributed by atoms with van der Waals surface area (Å²) in [6.07, 6.45) is 5.57. The van der Waals surface area contributed by atoms with E-state index in [0.29, 0.717) is 30.0 Å². The van der Waals surface area contributed by atoms with Gasteiger partial charge in [-0.3, -0.25) is 9.78 Å². The predicted molar refractivity (Wildman–Crippen MR) is 150 cm³/mol. The van der Waals surface area contributed by atoms with Crippen LogP contribution in [0.2, 0.25) is 18.1 Å². The summed E-state index contributed by atoms with van der Waals surface area (Å²) >= 11 is 3.81. The van der Waals surface area contributed by atoms with Gasteiger partial charge in [-0.2, -0.15) is 4.98 Å². The number of rotatable bonds is 9. The molecule has 0 spiro atoms. The van der Waals surface area contributed by atoms with Gasteiger partial charge in [0.05, 0.1) is 30.4 Å². The minimum absolute atomic E-state index is 0.106. The number of halogens is 1. The topological polar surface area (TPSA) is 94.0 Å². The van der Waals surface area contributed by atoms with Gasteiger partial charge < -0.3 is 23.4 Å². The quantitative estimate of drug-likeness (QED) is 0.144. The molecule has 1 aliphatic heterocycles. The molecule has 0 aromatic carbocycles. The highest BCUT2D eigenvalue weighted by atomic mass is 127. The molecule has 9 nitrogen and oxygen atoms in total. The summed E-state index contributed by atoms with van der Waals surface area (Å²) in [7, 11) is 1.79. The van der Waals surface area contributed by atoms with E-state index in [2.05, 4.69) is 71.4 Å². The summed E-state index contributed by atoms with van der Waals surface area (Å²) in [4.78, 5) is 26.2. The van der Waals surface area contributed by atoms with Crippen molar-refractivity contribution in [1.29, 1.82) is 0 Å². The minimum Gasteiger partial charge on any atom is -0.414 e. The van der Waals surface area contributed by atoms with Gasteiger partial charge in [0.15, 0.2) is 14.0 Å². The molecular formula is C22H36IN5O4SSi. The largest absolute Gasteiger partial charge is 0.414 e. The Morgan fingerprint density at radius 3 is 2.76 bits per heavy atom. The maximum Gasteiger partial charge on any atom is 0.262 e. The van der Waals surface area contributed by atoms with E-state index in [1.54, 1.807) is 23.0 Å². The lowest BCUT2D eigenvalue weighted by Gasteiger charge is -2.37. The van der Waals surface area contributed by atoms with Crippen molar-refractivity contribution in [3.05, 3.63) is 20.1 Å². The monoisotopic (exact) mass is 621 g/mol. The average molecular weight is 622 g/mol. The van der Waals surface area contributed by atoms with Crippen LogP contribution in [0, 0.1) is 3.57 Å². The van der Waals surface area contributed by atoms with Crippen LogP contribution >= 0.6 is 34.4 Å². The van der Waals surface area contributed by atoms with E-state index in [9.17, 15) is 4.79 Å². The van der Waals surface area contributed by atoms with Crippen molar-refractivity contribution >= 4 is 66.0 Å². The van der Waals surface area contributed by atoms with Crippen molar-refractivity contribution in [2.75, 3.05) is 32.9 Å². The molecule has 3 atom stereocenters. The fourth-order valence-electron chi connectivity index (χ4n) is 3.41. The molecule has 2 aromatic rings. The third-order valence-electron chi connectivity index (χ3n) is 6.34. The van der Waals surface area contributed by atoms with Crippen LogP contribution in [-0.4, -0.2) is 79.2 Å². The highest BCUT2D eigenvalue weighted by Crippen LogP contribution is 2.39. The summed E-state index contributed by atoms with van der Waals surface area (Å²) < 4.78 is 21.9. The smallest absolute Gasteiger partial charge is 0.262 e. The number of nitrogens with one attached hydrogen (secondary N) is 1. The van der Waals surface area contributed by atoms with Crippen LogP contribution < -0.4 is 5.56 Å². The number of aromatic amines is 1. The third kappa shape index (κ3) is 6.24. The molecule has 0 amide bonds. The summed E-state index contributed by atoms with van der Waals surface area (Å²) in [5.41, 5.74) is 0.337. The van der Waals surface area contributed by atoms with Crippen LogP contribution in [0.5, 0.6) is 0 Å². The molecule has 34 heavy (non-hydrogen) atoms. The van der Waals surface area contributed by atoms with E-state index in [-0.39, 0.29) is 35.0 Å². The molecule has 0 aliphatic carbocycles. The Morgan fingerprint density at radius 1 is 1.44 bits per heavy atom. The number of hydrogen-bond donors (Lipinski definition) is 1. The lowest BCUT2D eigenvalue weighted by atomic mass is 10.2. The summed E-state index contributed by atoms with van der Waals surface area (Å²) in [6.45, 7) is 11.6. The number of aliphatic imine (C=N–C) groups is 1. The predicted octanol–water partition coefficient (Wildman–Crippen LogP) is 4.57. The van der Waals surface area contributed by atoms with Gasteiger partial charge in [-0.15, -0.1) is 11.8 Å². The Hall–Kier alpha value is -0.933. The Labute approximate surface area is 220 Å². The molecule has 1 N–H and O–H groups in total. The van der Waals surface area contributed by atoms with Gasteiger partial charge in [-0.05, 0) is 47.0 Å². The number of nitrogens with zero attached hydrogens (tertiary/aromatic N) is 4. The molecule has 3 heterocycles. The molecule has 12 heteroatoms. The zero-order chi connectivity index (χ0) is 25.3. The fourth-order valence-corrected chi connectivity index (χ4v) is 5.52. The average Bonchev–Trinajstić information content (AvgIpc) is 3.29. The molecular weight excluding hydrogens is 585 g/mol. The lowest BCUT2D eigenvalue weighted by Crippen LogP contribution is -2.44. The van der Waals surface area contributed by atoms with Gasteiger partial charge in [0, 0.05) is 30.3 Å². The molecule has 1 saturated heterocycles. The van der Waals surface area contributed by atoms with E-state index < -0.39 is 8.32 Å². The van der Waals surface area contributed by atoms with E-state index in [1.165, 1.54) is 0 Å². The zero-order valence-corrected chi connectivity index (χ0v) is 25.2. The second-order valence-electron chi connectivity index (χ2n) is 10.2. The van der Waals surface area contributed by atoms with Gasteiger partial charge in [0.2, 0.25) is 5.95 Å². The minimum atomic E-state index is -1.93. The van der Waals surface area contributed by atoms with Crippen molar-refractivity contribution in [2.45, 2.75) is 63.8 Å². The number of fused-ring (bicyclic) bond motifs is 1. The molecule has 1 unspecified atom stereocenters. The molecule has 0 radical (unpaired) electrons. The maximum atomic E-state index is 12.8. The Balaban J connectivity index is 1.91. The van der Waals surface area contributed by atoms with E-state index in [1.807, 2.05) is 31.1 Å². The van der Waals surface area contributed by atoms with Crippen LogP contribution in [0.25, 0.3) is 11.0 Å². The van der Waals surface area contributed by atoms with Crippen molar-refractivity contribution in [2.24, 2.45) is 4.99 Å². The first-order valence-electron chi connectivity index (χ1n) is 11.2. The third-order valence-corrected chi connectivity index (χ3v) is 12.0. The number of hydrogen-bond acceptors (Lipinski definition) is 7. The Kier molecular flexibility index (Phi) is 8.94. The summed E-state index contributed by atoms with van der Waals surface area (Å²) in [5.74, 6) is 0.843. The fraction of sp³-hybridized carbons (Fsp3) is 0.682. The van der Waals surface area contributed by atoms with E-state index in [4.69, 9.17) is 13.9 Å². The molecule has 0 saturated carbocycles. The van der Waals surface area contributed by atoms with Crippen LogP contribution in [0.4, 0.5) is 5.95 Å². The maximum absolute atomic E-state index is 12.8. The standard InChI is InChI=1S/C22H36IN5O4SSi/c1-22(2,3)34(7,8)31-11-16-15(30-13-33-6)9-17(32-16)28-10-14(23)18-19(28)25-21(26-20(18)29)24-12-27(4)5/h10,12,15-17H,9,11,13H2,1-8H3,(H,25,26,29)/t15?,16-,17-/m1/s1. The van der Waals surface area contributed by atoms with Crippen molar-refractivity contribution in [3.8, 4) is 0 Å². The van der Waals surface area contributed by atoms with Gasteiger partial charge >= 0.3 is 0 Å². The van der Waals surface area contributed by atoms with Crippen molar-refractivity contribution in [3.63, 3.8) is 0 Å². The van der Waals surface area contributed by atoms with Crippen LogP contribution in [0.3, 0.4) is 0 Å². The van der Waals surface area contributed by atoms with Crippen LogP contribution in [0.15, 0.2) is 16.0 Å². The highest BCUT2D eigenvalue weighted by molar-refractivity contribution is 14.1. The van der Waals surface area contributed by atoms with Crippen molar-refractivity contribution < 1.29 is 13.9 Å². The van der Waals surface area contributed by atoms with Gasteiger partial charge in [-0.25, -0.2) is 4.99 Å².